The van der Waals surface area contributed by atoms with Gasteiger partial charge in [-0.1, -0.05) is 36.1 Å². The predicted molar refractivity (Wildman–Crippen MR) is 110 cm³/mol. The van der Waals surface area contributed by atoms with Gasteiger partial charge in [-0.3, -0.25) is 14.5 Å². The van der Waals surface area contributed by atoms with Gasteiger partial charge in [0.2, 0.25) is 5.91 Å². The maximum atomic E-state index is 12.6. The Hall–Kier alpha value is -2.84. The lowest BCUT2D eigenvalue weighted by Crippen LogP contribution is -2.36. The minimum atomic E-state index is -0.345. The number of anilines is 1. The van der Waals surface area contributed by atoms with Crippen LogP contribution in [0.25, 0.3) is 6.08 Å². The molecule has 8 heteroatoms. The van der Waals surface area contributed by atoms with Crippen molar-refractivity contribution in [3.8, 4) is 11.5 Å². The molecule has 2 amide bonds. The number of phenols is 1. The molecular weight excluding hydrogens is 384 g/mol. The van der Waals surface area contributed by atoms with Gasteiger partial charge < -0.3 is 15.2 Å². The van der Waals surface area contributed by atoms with E-state index in [0.717, 1.165) is 17.3 Å². The molecule has 1 aliphatic heterocycles. The first-order chi connectivity index (χ1) is 13.0. The number of hydrogen-bond acceptors (Lipinski definition) is 6. The Balaban J connectivity index is 1.65. The zero-order valence-corrected chi connectivity index (χ0v) is 16.0. The van der Waals surface area contributed by atoms with E-state index in [1.54, 1.807) is 49.6 Å². The van der Waals surface area contributed by atoms with E-state index in [9.17, 15) is 14.7 Å². The average molecular weight is 400 g/mol. The van der Waals surface area contributed by atoms with Gasteiger partial charge in [0, 0.05) is 5.69 Å². The maximum Gasteiger partial charge on any atom is 0.266 e. The van der Waals surface area contributed by atoms with Crippen LogP contribution in [-0.4, -0.2) is 39.8 Å². The Morgan fingerprint density at radius 2 is 1.89 bits per heavy atom. The Morgan fingerprint density at radius 3 is 2.52 bits per heavy atom. The van der Waals surface area contributed by atoms with Crippen LogP contribution in [0.3, 0.4) is 0 Å². The van der Waals surface area contributed by atoms with Crippen LogP contribution in [0.5, 0.6) is 11.5 Å². The number of ether oxygens (including phenoxy) is 1. The van der Waals surface area contributed by atoms with Gasteiger partial charge in [0.25, 0.3) is 5.91 Å². The third-order valence-corrected chi connectivity index (χ3v) is 5.12. The SMILES string of the molecule is COc1ccc(NC(=O)CN2C(=O)/C(=C/c3ccc(O)cc3)SC2=S)cc1. The summed E-state index contributed by atoms with van der Waals surface area (Å²) < 4.78 is 5.40. The van der Waals surface area contributed by atoms with Crippen LogP contribution in [0.15, 0.2) is 53.4 Å². The summed E-state index contributed by atoms with van der Waals surface area (Å²) in [6, 6.07) is 13.4. The molecule has 0 unspecified atom stereocenters. The normalized spacial score (nSPS) is 15.3. The van der Waals surface area contributed by atoms with Crippen molar-refractivity contribution in [2.45, 2.75) is 0 Å². The topological polar surface area (TPSA) is 78.9 Å². The number of nitrogens with one attached hydrogen (secondary N) is 1. The summed E-state index contributed by atoms with van der Waals surface area (Å²) in [7, 11) is 1.56. The number of amides is 2. The molecule has 0 aromatic heterocycles. The highest BCUT2D eigenvalue weighted by atomic mass is 32.2. The van der Waals surface area contributed by atoms with Gasteiger partial charge >= 0.3 is 0 Å². The van der Waals surface area contributed by atoms with Crippen molar-refractivity contribution in [2.75, 3.05) is 19.0 Å². The van der Waals surface area contributed by atoms with Crippen molar-refractivity contribution in [3.63, 3.8) is 0 Å². The second kappa shape index (κ2) is 8.24. The maximum absolute atomic E-state index is 12.6. The molecule has 3 rings (SSSR count). The molecule has 1 aliphatic rings. The highest BCUT2D eigenvalue weighted by Crippen LogP contribution is 2.32. The lowest BCUT2D eigenvalue weighted by molar-refractivity contribution is -0.126. The molecule has 0 radical (unpaired) electrons. The van der Waals surface area contributed by atoms with E-state index in [0.29, 0.717) is 20.7 Å². The third-order valence-electron chi connectivity index (χ3n) is 3.74. The number of methoxy groups -OCH3 is 1. The monoisotopic (exact) mass is 400 g/mol. The number of benzene rings is 2. The van der Waals surface area contributed by atoms with E-state index in [-0.39, 0.29) is 24.1 Å². The minimum Gasteiger partial charge on any atom is -0.508 e. The quantitative estimate of drug-likeness (QED) is 0.593. The summed E-state index contributed by atoms with van der Waals surface area (Å²) in [5.41, 5.74) is 1.36. The van der Waals surface area contributed by atoms with E-state index in [4.69, 9.17) is 17.0 Å². The fraction of sp³-hybridized carbons (Fsp3) is 0.105. The van der Waals surface area contributed by atoms with E-state index in [1.165, 1.54) is 17.0 Å². The molecule has 6 nitrogen and oxygen atoms in total. The average Bonchev–Trinajstić information content (AvgIpc) is 2.91. The van der Waals surface area contributed by atoms with Crippen LogP contribution in [0.4, 0.5) is 5.69 Å². The van der Waals surface area contributed by atoms with E-state index in [1.807, 2.05) is 0 Å². The van der Waals surface area contributed by atoms with Gasteiger partial charge in [-0.05, 0) is 48.0 Å². The summed E-state index contributed by atoms with van der Waals surface area (Å²) >= 11 is 6.38. The first-order valence-corrected chi connectivity index (χ1v) is 9.17. The number of nitrogens with zero attached hydrogens (tertiary/aromatic N) is 1. The molecule has 2 N–H and O–H groups in total. The standard InChI is InChI=1S/C19H16N2O4S2/c1-25-15-8-4-13(5-9-15)20-17(23)11-21-18(24)16(27-19(21)26)10-12-2-6-14(22)7-3-12/h2-10,22H,11H2,1H3,(H,20,23)/b16-10-. The number of thioether (sulfide) groups is 1. The molecule has 138 valence electrons. The van der Waals surface area contributed by atoms with Gasteiger partial charge in [-0.15, -0.1) is 0 Å². The summed E-state index contributed by atoms with van der Waals surface area (Å²) in [6.07, 6.45) is 1.68. The van der Waals surface area contributed by atoms with Gasteiger partial charge in [-0.25, -0.2) is 0 Å². The molecule has 0 bridgehead atoms. The van der Waals surface area contributed by atoms with E-state index < -0.39 is 0 Å². The molecule has 0 saturated carbocycles. The summed E-state index contributed by atoms with van der Waals surface area (Å²) in [6.45, 7) is -0.163. The smallest absolute Gasteiger partial charge is 0.266 e. The second-order valence-electron chi connectivity index (χ2n) is 5.64. The highest BCUT2D eigenvalue weighted by molar-refractivity contribution is 8.26. The van der Waals surface area contributed by atoms with Crippen LogP contribution in [0.1, 0.15) is 5.56 Å². The number of hydrogen-bond donors (Lipinski definition) is 2. The Labute approximate surface area is 165 Å². The van der Waals surface area contributed by atoms with Gasteiger partial charge in [0.05, 0.1) is 12.0 Å². The molecule has 1 heterocycles. The number of rotatable bonds is 5. The minimum absolute atomic E-state index is 0.148. The predicted octanol–water partition coefficient (Wildman–Crippen LogP) is 3.24. The molecule has 2 aromatic rings. The fourth-order valence-corrected chi connectivity index (χ4v) is 3.63. The Kier molecular flexibility index (Phi) is 5.78. The Morgan fingerprint density at radius 1 is 1.22 bits per heavy atom. The molecular formula is C19H16N2O4S2. The number of carbonyl (C=O) groups is 2. The molecule has 0 aliphatic carbocycles. The first-order valence-electron chi connectivity index (χ1n) is 7.94. The van der Waals surface area contributed by atoms with Crippen LogP contribution >= 0.6 is 24.0 Å². The second-order valence-corrected chi connectivity index (χ2v) is 7.31. The number of thiocarbonyl (C=S) groups is 1. The summed E-state index contributed by atoms with van der Waals surface area (Å²) in [4.78, 5) is 26.5. The van der Waals surface area contributed by atoms with Crippen molar-refractivity contribution in [1.82, 2.24) is 4.90 Å². The zero-order chi connectivity index (χ0) is 19.4. The van der Waals surface area contributed by atoms with Crippen LogP contribution in [0, 0.1) is 0 Å². The third kappa shape index (κ3) is 4.66. The van der Waals surface area contributed by atoms with Crippen molar-refractivity contribution >= 4 is 51.9 Å². The number of aromatic hydroxyl groups is 1. The van der Waals surface area contributed by atoms with Crippen molar-refractivity contribution in [1.29, 1.82) is 0 Å². The first kappa shape index (κ1) is 18.9. The number of phenolic OH excluding ortho intramolecular Hbond substituents is 1. The number of carbonyl (C=O) groups excluding carboxylic acids is 2. The van der Waals surface area contributed by atoms with Crippen molar-refractivity contribution in [2.24, 2.45) is 0 Å². The van der Waals surface area contributed by atoms with Crippen LogP contribution in [-0.2, 0) is 9.59 Å². The lowest BCUT2D eigenvalue weighted by Gasteiger charge is -2.14. The van der Waals surface area contributed by atoms with Crippen molar-refractivity contribution < 1.29 is 19.4 Å². The molecule has 27 heavy (non-hydrogen) atoms. The molecule has 0 atom stereocenters. The molecule has 2 aromatic carbocycles. The fourth-order valence-electron chi connectivity index (χ4n) is 2.38. The highest BCUT2D eigenvalue weighted by Gasteiger charge is 2.33. The van der Waals surface area contributed by atoms with Gasteiger partial charge in [0.15, 0.2) is 0 Å². The summed E-state index contributed by atoms with van der Waals surface area (Å²) in [5, 5.41) is 12.1. The Bertz CT molecular complexity index is 908. The lowest BCUT2D eigenvalue weighted by atomic mass is 10.2. The van der Waals surface area contributed by atoms with Gasteiger partial charge in [0.1, 0.15) is 22.4 Å². The summed E-state index contributed by atoms with van der Waals surface area (Å²) in [5.74, 6) is 0.171. The van der Waals surface area contributed by atoms with Crippen molar-refractivity contribution in [3.05, 3.63) is 59.0 Å². The van der Waals surface area contributed by atoms with E-state index in [2.05, 4.69) is 5.32 Å². The molecule has 0 spiro atoms. The van der Waals surface area contributed by atoms with Crippen LogP contribution in [0.2, 0.25) is 0 Å². The zero-order valence-electron chi connectivity index (χ0n) is 14.3. The largest absolute Gasteiger partial charge is 0.508 e. The van der Waals surface area contributed by atoms with Crippen LogP contribution < -0.4 is 10.1 Å². The molecule has 1 saturated heterocycles. The van der Waals surface area contributed by atoms with E-state index >= 15 is 0 Å². The van der Waals surface area contributed by atoms with Gasteiger partial charge in [-0.2, -0.15) is 0 Å². The molecule has 1 fully saturated rings.